The number of furan rings is 1. The van der Waals surface area contributed by atoms with Crippen LogP contribution in [0.2, 0.25) is 0 Å². The molecule has 1 N–H and O–H groups in total. The summed E-state index contributed by atoms with van der Waals surface area (Å²) in [4.78, 5) is 4.61. The molecule has 3 nitrogen and oxygen atoms in total. The SMILES string of the molecule is CCCNCC=Cc1ccc(-c2nc3ccccc3s2)o1. The van der Waals surface area contributed by atoms with Crippen molar-refractivity contribution < 1.29 is 4.42 Å². The molecule has 0 bridgehead atoms. The summed E-state index contributed by atoms with van der Waals surface area (Å²) in [5.74, 6) is 1.69. The lowest BCUT2D eigenvalue weighted by molar-refractivity contribution is 0.571. The Hall–Kier alpha value is -1.91. The molecule has 3 aromatic rings. The van der Waals surface area contributed by atoms with E-state index < -0.39 is 0 Å². The van der Waals surface area contributed by atoms with Crippen LogP contribution in [0.25, 0.3) is 27.1 Å². The minimum atomic E-state index is 0.831. The Labute approximate surface area is 128 Å². The van der Waals surface area contributed by atoms with Crippen LogP contribution in [0.1, 0.15) is 19.1 Å². The van der Waals surface area contributed by atoms with Crippen LogP contribution in [0.4, 0.5) is 0 Å². The summed E-state index contributed by atoms with van der Waals surface area (Å²) in [7, 11) is 0. The van der Waals surface area contributed by atoms with E-state index in [1.54, 1.807) is 11.3 Å². The van der Waals surface area contributed by atoms with E-state index in [1.165, 1.54) is 4.70 Å². The number of nitrogens with one attached hydrogen (secondary N) is 1. The van der Waals surface area contributed by atoms with Crippen molar-refractivity contribution in [1.82, 2.24) is 10.3 Å². The van der Waals surface area contributed by atoms with Crippen molar-refractivity contribution in [3.05, 3.63) is 48.2 Å². The third-order valence-corrected chi connectivity index (χ3v) is 4.15. The van der Waals surface area contributed by atoms with Crippen molar-refractivity contribution in [2.75, 3.05) is 13.1 Å². The number of rotatable bonds is 6. The molecule has 0 saturated heterocycles. The first-order valence-corrected chi connectivity index (χ1v) is 8.01. The zero-order valence-corrected chi connectivity index (χ0v) is 12.8. The highest BCUT2D eigenvalue weighted by Gasteiger charge is 2.09. The van der Waals surface area contributed by atoms with E-state index in [-0.39, 0.29) is 0 Å². The number of fused-ring (bicyclic) bond motifs is 1. The molecule has 2 heterocycles. The molecule has 0 unspecified atom stereocenters. The van der Waals surface area contributed by atoms with Crippen molar-refractivity contribution in [2.45, 2.75) is 13.3 Å². The minimum Gasteiger partial charge on any atom is -0.454 e. The Morgan fingerprint density at radius 1 is 1.24 bits per heavy atom. The summed E-state index contributed by atoms with van der Waals surface area (Å²) in [6.45, 7) is 4.07. The average Bonchev–Trinajstić information content (AvgIpc) is 3.13. The summed E-state index contributed by atoms with van der Waals surface area (Å²) >= 11 is 1.66. The largest absolute Gasteiger partial charge is 0.454 e. The molecule has 0 amide bonds. The normalized spacial score (nSPS) is 11.7. The van der Waals surface area contributed by atoms with Gasteiger partial charge in [-0.25, -0.2) is 4.98 Å². The molecule has 108 valence electrons. The van der Waals surface area contributed by atoms with Gasteiger partial charge in [0, 0.05) is 6.54 Å². The molecule has 3 rings (SSSR count). The molecule has 2 aromatic heterocycles. The van der Waals surface area contributed by atoms with Crippen LogP contribution in [0, 0.1) is 0 Å². The van der Waals surface area contributed by atoms with Gasteiger partial charge >= 0.3 is 0 Å². The number of para-hydroxylation sites is 1. The molecule has 0 saturated carbocycles. The summed E-state index contributed by atoms with van der Waals surface area (Å²) in [6.07, 6.45) is 5.23. The molecule has 1 aromatic carbocycles. The van der Waals surface area contributed by atoms with Gasteiger partial charge in [0.05, 0.1) is 10.2 Å². The number of benzene rings is 1. The van der Waals surface area contributed by atoms with Crippen molar-refractivity contribution in [1.29, 1.82) is 0 Å². The van der Waals surface area contributed by atoms with E-state index >= 15 is 0 Å². The minimum absolute atomic E-state index is 0.831. The number of aromatic nitrogens is 1. The quantitative estimate of drug-likeness (QED) is 0.677. The van der Waals surface area contributed by atoms with Crippen molar-refractivity contribution in [2.24, 2.45) is 0 Å². The molecular formula is C17H18N2OS. The molecule has 0 aliphatic carbocycles. The maximum atomic E-state index is 5.84. The highest BCUT2D eigenvalue weighted by molar-refractivity contribution is 7.21. The molecular weight excluding hydrogens is 280 g/mol. The Morgan fingerprint density at radius 2 is 2.14 bits per heavy atom. The second-order valence-electron chi connectivity index (χ2n) is 4.80. The van der Waals surface area contributed by atoms with Crippen LogP contribution in [-0.2, 0) is 0 Å². The lowest BCUT2D eigenvalue weighted by atomic mass is 10.3. The molecule has 0 aliphatic heterocycles. The first kappa shape index (κ1) is 14.0. The van der Waals surface area contributed by atoms with Crippen LogP contribution in [0.15, 0.2) is 46.9 Å². The Balaban J connectivity index is 1.72. The second-order valence-corrected chi connectivity index (χ2v) is 5.83. The number of hydrogen-bond acceptors (Lipinski definition) is 4. The van der Waals surface area contributed by atoms with Gasteiger partial charge in [-0.2, -0.15) is 0 Å². The van der Waals surface area contributed by atoms with Gasteiger partial charge in [-0.3, -0.25) is 0 Å². The summed E-state index contributed by atoms with van der Waals surface area (Å²) in [6, 6.07) is 12.1. The van der Waals surface area contributed by atoms with Gasteiger partial charge in [0.1, 0.15) is 5.76 Å². The number of thiazole rings is 1. The lowest BCUT2D eigenvalue weighted by Gasteiger charge is -1.95. The van der Waals surface area contributed by atoms with E-state index in [0.29, 0.717) is 0 Å². The maximum absolute atomic E-state index is 5.84. The highest BCUT2D eigenvalue weighted by Crippen LogP contribution is 2.31. The fourth-order valence-electron chi connectivity index (χ4n) is 2.07. The van der Waals surface area contributed by atoms with Crippen LogP contribution < -0.4 is 5.32 Å². The van der Waals surface area contributed by atoms with E-state index in [4.69, 9.17) is 4.42 Å². The van der Waals surface area contributed by atoms with Gasteiger partial charge in [0.15, 0.2) is 10.8 Å². The van der Waals surface area contributed by atoms with Gasteiger partial charge in [-0.1, -0.05) is 25.1 Å². The number of nitrogens with zero attached hydrogens (tertiary/aromatic N) is 1. The van der Waals surface area contributed by atoms with E-state index in [2.05, 4.69) is 29.4 Å². The first-order valence-electron chi connectivity index (χ1n) is 7.20. The maximum Gasteiger partial charge on any atom is 0.163 e. The third kappa shape index (κ3) is 3.40. The van der Waals surface area contributed by atoms with Gasteiger partial charge in [-0.05, 0) is 43.3 Å². The van der Waals surface area contributed by atoms with Gasteiger partial charge in [0.25, 0.3) is 0 Å². The molecule has 21 heavy (non-hydrogen) atoms. The van der Waals surface area contributed by atoms with E-state index in [9.17, 15) is 0 Å². The zero-order valence-electron chi connectivity index (χ0n) is 12.0. The second kappa shape index (κ2) is 6.70. The Kier molecular flexibility index (Phi) is 4.48. The molecule has 4 heteroatoms. The summed E-state index contributed by atoms with van der Waals surface area (Å²) in [5.41, 5.74) is 1.02. The van der Waals surface area contributed by atoms with E-state index in [1.807, 2.05) is 36.4 Å². The fourth-order valence-corrected chi connectivity index (χ4v) is 3.00. The smallest absolute Gasteiger partial charge is 0.163 e. The van der Waals surface area contributed by atoms with Gasteiger partial charge < -0.3 is 9.73 Å². The van der Waals surface area contributed by atoms with Crippen LogP contribution in [-0.4, -0.2) is 18.1 Å². The van der Waals surface area contributed by atoms with E-state index in [0.717, 1.165) is 41.6 Å². The standard InChI is InChI=1S/C17H18N2OS/c1-2-11-18-12-5-6-13-9-10-15(20-13)17-19-14-7-3-4-8-16(14)21-17/h3-10,18H,2,11-12H2,1H3. The molecule has 0 aliphatic rings. The molecule has 0 atom stereocenters. The van der Waals surface area contributed by atoms with Crippen LogP contribution in [0.3, 0.4) is 0 Å². The highest BCUT2D eigenvalue weighted by atomic mass is 32.1. The fraction of sp³-hybridized carbons (Fsp3) is 0.235. The Bertz CT molecular complexity index is 709. The van der Waals surface area contributed by atoms with Crippen LogP contribution >= 0.6 is 11.3 Å². The first-order chi connectivity index (χ1) is 10.4. The summed E-state index contributed by atoms with van der Waals surface area (Å²) < 4.78 is 7.02. The third-order valence-electron chi connectivity index (χ3n) is 3.10. The monoisotopic (exact) mass is 298 g/mol. The predicted molar refractivity (Wildman–Crippen MR) is 89.5 cm³/mol. The molecule has 0 spiro atoms. The van der Waals surface area contributed by atoms with Gasteiger partial charge in [-0.15, -0.1) is 11.3 Å². The Morgan fingerprint density at radius 3 is 3.00 bits per heavy atom. The van der Waals surface area contributed by atoms with Crippen molar-refractivity contribution in [3.63, 3.8) is 0 Å². The van der Waals surface area contributed by atoms with Crippen LogP contribution in [0.5, 0.6) is 0 Å². The topological polar surface area (TPSA) is 38.1 Å². The van der Waals surface area contributed by atoms with Gasteiger partial charge in [0.2, 0.25) is 0 Å². The molecule has 0 fully saturated rings. The zero-order chi connectivity index (χ0) is 14.5. The molecule has 0 radical (unpaired) electrons. The van der Waals surface area contributed by atoms with Crippen molar-refractivity contribution in [3.8, 4) is 10.8 Å². The number of hydrogen-bond donors (Lipinski definition) is 1. The van der Waals surface area contributed by atoms with Crippen molar-refractivity contribution >= 4 is 27.6 Å². The summed E-state index contributed by atoms with van der Waals surface area (Å²) in [5, 5.41) is 4.25. The predicted octanol–water partition coefficient (Wildman–Crippen LogP) is 4.57. The average molecular weight is 298 g/mol. The lowest BCUT2D eigenvalue weighted by Crippen LogP contribution is -2.13.